The standard InChI is InChI=1S/C16H23ClN2O3/c17-14-7-12(8-15-16(14)22-6-5-21-15)9-18-10-13(20)11-19-3-1-2-4-19/h7-8,13,18,20H,1-6,9-11H2. The van der Waals surface area contributed by atoms with Crippen LogP contribution in [0.15, 0.2) is 12.1 Å². The highest BCUT2D eigenvalue weighted by Gasteiger charge is 2.17. The summed E-state index contributed by atoms with van der Waals surface area (Å²) in [4.78, 5) is 2.31. The van der Waals surface area contributed by atoms with E-state index in [1.807, 2.05) is 12.1 Å². The van der Waals surface area contributed by atoms with Crippen molar-refractivity contribution in [2.24, 2.45) is 0 Å². The van der Waals surface area contributed by atoms with Crippen LogP contribution in [-0.4, -0.2) is 55.5 Å². The van der Waals surface area contributed by atoms with Crippen LogP contribution >= 0.6 is 11.6 Å². The van der Waals surface area contributed by atoms with Crippen LogP contribution in [0, 0.1) is 0 Å². The van der Waals surface area contributed by atoms with Gasteiger partial charge in [0.25, 0.3) is 0 Å². The Morgan fingerprint density at radius 3 is 2.82 bits per heavy atom. The number of hydrogen-bond acceptors (Lipinski definition) is 5. The second-order valence-electron chi connectivity index (χ2n) is 5.89. The Bertz CT molecular complexity index is 506. The van der Waals surface area contributed by atoms with Crippen molar-refractivity contribution in [1.82, 2.24) is 10.2 Å². The van der Waals surface area contributed by atoms with Crippen LogP contribution in [0.3, 0.4) is 0 Å². The van der Waals surface area contributed by atoms with E-state index in [0.717, 1.165) is 25.2 Å². The van der Waals surface area contributed by atoms with Gasteiger partial charge in [-0.05, 0) is 43.6 Å². The molecule has 6 heteroatoms. The molecule has 1 saturated heterocycles. The van der Waals surface area contributed by atoms with E-state index in [0.29, 0.717) is 42.8 Å². The first kappa shape index (κ1) is 15.9. The van der Waals surface area contributed by atoms with Crippen molar-refractivity contribution in [3.8, 4) is 11.5 Å². The lowest BCUT2D eigenvalue weighted by molar-refractivity contribution is 0.123. The molecule has 0 radical (unpaired) electrons. The number of nitrogens with one attached hydrogen (secondary N) is 1. The minimum atomic E-state index is -0.342. The Morgan fingerprint density at radius 1 is 1.23 bits per heavy atom. The third-order valence-corrected chi connectivity index (χ3v) is 4.31. The molecule has 0 saturated carbocycles. The molecule has 122 valence electrons. The Hall–Kier alpha value is -1.01. The van der Waals surface area contributed by atoms with Crippen LogP contribution in [0.2, 0.25) is 5.02 Å². The number of aliphatic hydroxyl groups excluding tert-OH is 1. The second-order valence-corrected chi connectivity index (χ2v) is 6.30. The van der Waals surface area contributed by atoms with Crippen LogP contribution in [0.1, 0.15) is 18.4 Å². The Labute approximate surface area is 136 Å². The molecule has 1 fully saturated rings. The van der Waals surface area contributed by atoms with Crippen LogP contribution in [0.4, 0.5) is 0 Å². The molecule has 0 bridgehead atoms. The fourth-order valence-electron chi connectivity index (χ4n) is 2.98. The molecule has 0 aliphatic carbocycles. The highest BCUT2D eigenvalue weighted by atomic mass is 35.5. The van der Waals surface area contributed by atoms with Crippen molar-refractivity contribution in [2.45, 2.75) is 25.5 Å². The SMILES string of the molecule is OC(CNCc1cc(Cl)c2c(c1)OCCO2)CN1CCCC1. The van der Waals surface area contributed by atoms with Crippen LogP contribution in [0.5, 0.6) is 11.5 Å². The van der Waals surface area contributed by atoms with Gasteiger partial charge in [-0.25, -0.2) is 0 Å². The second kappa shape index (κ2) is 7.51. The summed E-state index contributed by atoms with van der Waals surface area (Å²) >= 11 is 6.21. The van der Waals surface area contributed by atoms with E-state index in [-0.39, 0.29) is 6.10 Å². The van der Waals surface area contributed by atoms with Gasteiger partial charge < -0.3 is 24.8 Å². The predicted molar refractivity (Wildman–Crippen MR) is 85.8 cm³/mol. The third kappa shape index (κ3) is 4.04. The lowest BCUT2D eigenvalue weighted by Gasteiger charge is -2.21. The molecule has 1 unspecified atom stereocenters. The monoisotopic (exact) mass is 326 g/mol. The first-order chi connectivity index (χ1) is 10.7. The van der Waals surface area contributed by atoms with Gasteiger partial charge in [-0.3, -0.25) is 0 Å². The van der Waals surface area contributed by atoms with E-state index in [4.69, 9.17) is 21.1 Å². The molecular formula is C16H23ClN2O3. The number of ether oxygens (including phenoxy) is 2. The highest BCUT2D eigenvalue weighted by molar-refractivity contribution is 6.32. The number of fused-ring (bicyclic) bond motifs is 1. The first-order valence-electron chi connectivity index (χ1n) is 7.91. The molecule has 1 aromatic rings. The number of aliphatic hydroxyl groups is 1. The van der Waals surface area contributed by atoms with Crippen LogP contribution in [0.25, 0.3) is 0 Å². The van der Waals surface area contributed by atoms with Gasteiger partial charge in [-0.15, -0.1) is 0 Å². The van der Waals surface area contributed by atoms with E-state index < -0.39 is 0 Å². The molecule has 3 rings (SSSR count). The topological polar surface area (TPSA) is 54.0 Å². The molecule has 2 heterocycles. The molecule has 0 aromatic heterocycles. The molecule has 1 aromatic carbocycles. The molecule has 2 N–H and O–H groups in total. The maximum Gasteiger partial charge on any atom is 0.179 e. The third-order valence-electron chi connectivity index (χ3n) is 4.03. The summed E-state index contributed by atoms with van der Waals surface area (Å²) in [5.41, 5.74) is 1.03. The summed E-state index contributed by atoms with van der Waals surface area (Å²) in [5.74, 6) is 1.33. The van der Waals surface area contributed by atoms with E-state index in [9.17, 15) is 5.11 Å². The van der Waals surface area contributed by atoms with Crippen LogP contribution < -0.4 is 14.8 Å². The zero-order valence-electron chi connectivity index (χ0n) is 12.7. The van der Waals surface area contributed by atoms with Gasteiger partial charge in [0.2, 0.25) is 0 Å². The van der Waals surface area contributed by atoms with Gasteiger partial charge in [-0.2, -0.15) is 0 Å². The van der Waals surface area contributed by atoms with Gasteiger partial charge in [-0.1, -0.05) is 11.6 Å². The smallest absolute Gasteiger partial charge is 0.179 e. The summed E-state index contributed by atoms with van der Waals surface area (Å²) in [5, 5.41) is 13.9. The first-order valence-corrected chi connectivity index (χ1v) is 8.29. The van der Waals surface area contributed by atoms with Gasteiger partial charge in [0.15, 0.2) is 11.5 Å². The number of halogens is 1. The summed E-state index contributed by atoms with van der Waals surface area (Å²) in [6.07, 6.45) is 2.15. The molecule has 1 atom stereocenters. The average molecular weight is 327 g/mol. The molecule has 22 heavy (non-hydrogen) atoms. The Kier molecular flexibility index (Phi) is 5.41. The van der Waals surface area contributed by atoms with Crippen molar-refractivity contribution < 1.29 is 14.6 Å². The fourth-order valence-corrected chi connectivity index (χ4v) is 3.27. The number of benzene rings is 1. The van der Waals surface area contributed by atoms with Gasteiger partial charge in [0.05, 0.1) is 11.1 Å². The number of rotatable bonds is 6. The molecular weight excluding hydrogens is 304 g/mol. The fraction of sp³-hybridized carbons (Fsp3) is 0.625. The van der Waals surface area contributed by atoms with E-state index in [2.05, 4.69) is 10.2 Å². The lowest BCUT2D eigenvalue weighted by atomic mass is 10.2. The van der Waals surface area contributed by atoms with E-state index in [1.54, 1.807) is 0 Å². The number of hydrogen-bond donors (Lipinski definition) is 2. The zero-order valence-corrected chi connectivity index (χ0v) is 13.4. The molecule has 2 aliphatic heterocycles. The minimum absolute atomic E-state index is 0.342. The number of likely N-dealkylation sites (tertiary alicyclic amines) is 1. The van der Waals surface area contributed by atoms with Gasteiger partial charge in [0, 0.05) is 19.6 Å². The largest absolute Gasteiger partial charge is 0.486 e. The molecule has 5 nitrogen and oxygen atoms in total. The number of β-amino-alcohol motifs (C(OH)–C–C–N with tert-alkyl or cyclic N) is 1. The summed E-state index contributed by atoms with van der Waals surface area (Å²) < 4.78 is 11.1. The Balaban J connectivity index is 1.48. The van der Waals surface area contributed by atoms with Gasteiger partial charge in [0.1, 0.15) is 13.2 Å². The molecule has 0 spiro atoms. The maximum absolute atomic E-state index is 10.1. The quantitative estimate of drug-likeness (QED) is 0.832. The van der Waals surface area contributed by atoms with Crippen molar-refractivity contribution in [3.63, 3.8) is 0 Å². The van der Waals surface area contributed by atoms with E-state index >= 15 is 0 Å². The highest BCUT2D eigenvalue weighted by Crippen LogP contribution is 2.38. The molecule has 2 aliphatic rings. The summed E-state index contributed by atoms with van der Waals surface area (Å²) in [7, 11) is 0. The normalized spacial score (nSPS) is 19.4. The zero-order chi connectivity index (χ0) is 15.4. The average Bonchev–Trinajstić information content (AvgIpc) is 3.00. The summed E-state index contributed by atoms with van der Waals surface area (Å²) in [6.45, 7) is 5.26. The lowest BCUT2D eigenvalue weighted by Crippen LogP contribution is -2.36. The van der Waals surface area contributed by atoms with Crippen molar-refractivity contribution in [3.05, 3.63) is 22.7 Å². The van der Waals surface area contributed by atoms with E-state index in [1.165, 1.54) is 12.8 Å². The van der Waals surface area contributed by atoms with Crippen molar-refractivity contribution in [2.75, 3.05) is 39.4 Å². The summed E-state index contributed by atoms with van der Waals surface area (Å²) in [6, 6.07) is 3.83. The Morgan fingerprint density at radius 2 is 2.00 bits per heavy atom. The van der Waals surface area contributed by atoms with Crippen molar-refractivity contribution >= 4 is 11.6 Å². The van der Waals surface area contributed by atoms with Crippen molar-refractivity contribution in [1.29, 1.82) is 0 Å². The maximum atomic E-state index is 10.1. The molecule has 0 amide bonds. The van der Waals surface area contributed by atoms with Crippen LogP contribution in [-0.2, 0) is 6.54 Å². The van der Waals surface area contributed by atoms with Gasteiger partial charge >= 0.3 is 0 Å². The predicted octanol–water partition coefficient (Wildman–Crippen LogP) is 1.66. The number of nitrogens with zero attached hydrogens (tertiary/aromatic N) is 1. The minimum Gasteiger partial charge on any atom is -0.486 e.